The second-order valence-electron chi connectivity index (χ2n) is 6.38. The first kappa shape index (κ1) is 15.5. The van der Waals surface area contributed by atoms with E-state index in [1.54, 1.807) is 0 Å². The number of halogens is 2. The van der Waals surface area contributed by atoms with Crippen molar-refractivity contribution in [2.75, 3.05) is 13.7 Å². The van der Waals surface area contributed by atoms with E-state index in [1.165, 1.54) is 19.2 Å². The van der Waals surface area contributed by atoms with Crippen molar-refractivity contribution in [1.29, 1.82) is 0 Å². The summed E-state index contributed by atoms with van der Waals surface area (Å²) in [5.41, 5.74) is 0.646. The number of hydrogen-bond acceptors (Lipinski definition) is 3. The molecule has 1 aromatic heterocycles. The zero-order chi connectivity index (χ0) is 16.8. The van der Waals surface area contributed by atoms with Gasteiger partial charge in [-0.05, 0) is 24.0 Å². The topological polar surface area (TPSA) is 67.0 Å². The number of ether oxygens (including phenoxy) is 1. The summed E-state index contributed by atoms with van der Waals surface area (Å²) in [5, 5.41) is 2.79. The highest BCUT2D eigenvalue weighted by atomic mass is 19.2. The second kappa shape index (κ2) is 5.33. The molecule has 1 aliphatic heterocycles. The van der Waals surface area contributed by atoms with Crippen LogP contribution in [-0.2, 0) is 6.42 Å². The van der Waals surface area contributed by atoms with E-state index in [2.05, 4.69) is 15.3 Å². The molecule has 122 valence electrons. The molecular weight excluding hydrogens is 304 g/mol. The van der Waals surface area contributed by atoms with Crippen LogP contribution in [0.25, 0.3) is 11.4 Å². The molecule has 1 amide bonds. The van der Waals surface area contributed by atoms with Crippen LogP contribution in [0.1, 0.15) is 30.0 Å². The Labute approximate surface area is 132 Å². The second-order valence-corrected chi connectivity index (χ2v) is 6.38. The van der Waals surface area contributed by atoms with Crippen molar-refractivity contribution in [3.63, 3.8) is 0 Å². The average Bonchev–Trinajstić information content (AvgIpc) is 2.86. The molecule has 23 heavy (non-hydrogen) atoms. The van der Waals surface area contributed by atoms with Crippen LogP contribution >= 0.6 is 0 Å². The lowest BCUT2D eigenvalue weighted by molar-refractivity contribution is 0.0940. The van der Waals surface area contributed by atoms with Gasteiger partial charge in [0, 0.05) is 12.2 Å². The number of imidazole rings is 1. The number of rotatable bonds is 2. The molecule has 0 aliphatic carbocycles. The third kappa shape index (κ3) is 2.67. The van der Waals surface area contributed by atoms with E-state index in [1.807, 2.05) is 13.8 Å². The monoisotopic (exact) mass is 321 g/mol. The fraction of sp³-hybridized carbons (Fsp3) is 0.375. The zero-order valence-electron chi connectivity index (χ0n) is 13.1. The van der Waals surface area contributed by atoms with Crippen LogP contribution in [0.3, 0.4) is 0 Å². The van der Waals surface area contributed by atoms with Gasteiger partial charge in [0.25, 0.3) is 5.91 Å². The number of benzene rings is 1. The quantitative estimate of drug-likeness (QED) is 0.893. The molecule has 1 aromatic carbocycles. The van der Waals surface area contributed by atoms with E-state index in [0.29, 0.717) is 18.7 Å². The number of carbonyl (C=O) groups excluding carboxylic acids is 1. The van der Waals surface area contributed by atoms with Crippen LogP contribution in [0.4, 0.5) is 8.78 Å². The van der Waals surface area contributed by atoms with Crippen LogP contribution in [0, 0.1) is 17.0 Å². The number of fused-ring (bicyclic) bond motifs is 1. The smallest absolute Gasteiger partial charge is 0.271 e. The molecule has 0 atom stereocenters. The van der Waals surface area contributed by atoms with E-state index in [9.17, 15) is 13.6 Å². The molecular formula is C16H17F2N3O2. The van der Waals surface area contributed by atoms with Gasteiger partial charge in [0.15, 0.2) is 11.6 Å². The molecule has 5 nitrogen and oxygen atoms in total. The Morgan fingerprint density at radius 3 is 2.70 bits per heavy atom. The molecule has 0 saturated heterocycles. The van der Waals surface area contributed by atoms with Crippen molar-refractivity contribution in [2.45, 2.75) is 20.3 Å². The fourth-order valence-corrected chi connectivity index (χ4v) is 2.67. The summed E-state index contributed by atoms with van der Waals surface area (Å²) in [5.74, 6) is -2.52. The molecule has 0 saturated carbocycles. The summed E-state index contributed by atoms with van der Waals surface area (Å²) >= 11 is 0. The van der Waals surface area contributed by atoms with Crippen molar-refractivity contribution in [3.8, 4) is 17.1 Å². The number of H-pyrrole nitrogens is 1. The largest absolute Gasteiger partial charge is 0.494 e. The molecule has 2 heterocycles. The third-order valence-corrected chi connectivity index (χ3v) is 3.90. The van der Waals surface area contributed by atoms with Crippen LogP contribution in [-0.4, -0.2) is 29.5 Å². The molecule has 0 unspecified atom stereocenters. The van der Waals surface area contributed by atoms with Crippen molar-refractivity contribution in [1.82, 2.24) is 15.3 Å². The predicted octanol–water partition coefficient (Wildman–Crippen LogP) is 2.68. The zero-order valence-corrected chi connectivity index (χ0v) is 13.1. The number of carbonyl (C=O) groups is 1. The maximum atomic E-state index is 14.2. The van der Waals surface area contributed by atoms with Gasteiger partial charge < -0.3 is 15.0 Å². The van der Waals surface area contributed by atoms with Crippen molar-refractivity contribution >= 4 is 5.91 Å². The summed E-state index contributed by atoms with van der Waals surface area (Å²) < 4.78 is 32.8. The van der Waals surface area contributed by atoms with Gasteiger partial charge in [0.05, 0.1) is 12.7 Å². The molecule has 0 spiro atoms. The number of methoxy groups -OCH3 is 1. The van der Waals surface area contributed by atoms with Gasteiger partial charge in [-0.2, -0.15) is 4.39 Å². The van der Waals surface area contributed by atoms with E-state index >= 15 is 0 Å². The van der Waals surface area contributed by atoms with Gasteiger partial charge in [0.1, 0.15) is 11.5 Å². The van der Waals surface area contributed by atoms with Crippen LogP contribution in [0.15, 0.2) is 12.1 Å². The molecule has 0 bridgehead atoms. The number of hydrogen-bond donors (Lipinski definition) is 2. The Kier molecular flexibility index (Phi) is 3.58. The maximum absolute atomic E-state index is 14.2. The Hall–Kier alpha value is -2.44. The SMILES string of the molecule is COc1ccc(-c2nc3c([nH]2)CC(C)(C)CNC3=O)c(F)c1F. The van der Waals surface area contributed by atoms with Gasteiger partial charge in [-0.1, -0.05) is 13.8 Å². The van der Waals surface area contributed by atoms with Gasteiger partial charge >= 0.3 is 0 Å². The highest BCUT2D eigenvalue weighted by Gasteiger charge is 2.30. The van der Waals surface area contributed by atoms with E-state index in [0.717, 1.165) is 0 Å². The van der Waals surface area contributed by atoms with Crippen LogP contribution in [0.2, 0.25) is 0 Å². The lowest BCUT2D eigenvalue weighted by atomic mass is 9.88. The standard InChI is InChI=1S/C16H17F2N3O2/c1-16(2)6-9-13(15(22)19-7-16)21-14(20-9)8-4-5-10(23-3)12(18)11(8)17/h4-5H,6-7H2,1-3H3,(H,19,22)(H,20,21). The molecule has 1 aliphatic rings. The van der Waals surface area contributed by atoms with Gasteiger partial charge in [0.2, 0.25) is 5.82 Å². The first-order valence-corrected chi connectivity index (χ1v) is 7.22. The Balaban J connectivity index is 2.09. The Bertz CT molecular complexity index is 784. The molecule has 0 radical (unpaired) electrons. The first-order valence-electron chi connectivity index (χ1n) is 7.22. The number of amides is 1. The minimum Gasteiger partial charge on any atom is -0.494 e. The summed E-state index contributed by atoms with van der Waals surface area (Å²) in [6.45, 7) is 4.55. The normalized spacial score (nSPS) is 16.5. The molecule has 3 rings (SSSR count). The molecule has 2 aromatic rings. The lowest BCUT2D eigenvalue weighted by Gasteiger charge is -2.21. The summed E-state index contributed by atoms with van der Waals surface area (Å²) in [4.78, 5) is 19.2. The van der Waals surface area contributed by atoms with Crippen LogP contribution in [0.5, 0.6) is 5.75 Å². The number of nitrogens with one attached hydrogen (secondary N) is 2. The lowest BCUT2D eigenvalue weighted by Crippen LogP contribution is -2.32. The molecule has 2 N–H and O–H groups in total. The highest BCUT2D eigenvalue weighted by Crippen LogP contribution is 2.31. The molecule has 0 fully saturated rings. The van der Waals surface area contributed by atoms with Crippen molar-refractivity contribution in [3.05, 3.63) is 35.2 Å². The minimum atomic E-state index is -1.08. The summed E-state index contributed by atoms with van der Waals surface area (Å²) in [7, 11) is 1.26. The average molecular weight is 321 g/mol. The predicted molar refractivity (Wildman–Crippen MR) is 80.3 cm³/mol. The van der Waals surface area contributed by atoms with Crippen molar-refractivity contribution < 1.29 is 18.3 Å². The Morgan fingerprint density at radius 1 is 1.26 bits per heavy atom. The minimum absolute atomic E-state index is 0.0398. The van der Waals surface area contributed by atoms with Gasteiger partial charge in [-0.3, -0.25) is 4.79 Å². The van der Waals surface area contributed by atoms with E-state index in [-0.39, 0.29) is 34.2 Å². The van der Waals surface area contributed by atoms with E-state index in [4.69, 9.17) is 4.74 Å². The van der Waals surface area contributed by atoms with Gasteiger partial charge in [-0.15, -0.1) is 0 Å². The van der Waals surface area contributed by atoms with Crippen LogP contribution < -0.4 is 10.1 Å². The van der Waals surface area contributed by atoms with Crippen molar-refractivity contribution in [2.24, 2.45) is 5.41 Å². The maximum Gasteiger partial charge on any atom is 0.271 e. The third-order valence-electron chi connectivity index (χ3n) is 3.90. The Morgan fingerprint density at radius 2 is 2.00 bits per heavy atom. The summed E-state index contributed by atoms with van der Waals surface area (Å²) in [6.07, 6.45) is 0.578. The first-order chi connectivity index (χ1) is 10.8. The highest BCUT2D eigenvalue weighted by molar-refractivity contribution is 5.94. The number of nitrogens with zero attached hydrogens (tertiary/aromatic N) is 1. The fourth-order valence-electron chi connectivity index (χ4n) is 2.67. The number of aromatic nitrogens is 2. The number of aromatic amines is 1. The van der Waals surface area contributed by atoms with E-state index < -0.39 is 11.6 Å². The van der Waals surface area contributed by atoms with Gasteiger partial charge in [-0.25, -0.2) is 9.37 Å². The molecule has 7 heteroatoms. The summed E-state index contributed by atoms with van der Waals surface area (Å²) in [6, 6.07) is 2.70.